The minimum atomic E-state index is -5.62. The maximum absolute atomic E-state index is 8.58. The first-order chi connectivity index (χ1) is 4.00. The molecule has 0 saturated heterocycles. The van der Waals surface area contributed by atoms with Crippen molar-refractivity contribution in [2.24, 2.45) is 0 Å². The average molecular weight is 334 g/mol. The average Bonchev–Trinajstić information content (AvgIpc) is 1.12. The van der Waals surface area contributed by atoms with Crippen molar-refractivity contribution in [1.82, 2.24) is 0 Å². The van der Waals surface area contributed by atoms with Gasteiger partial charge in [0.25, 0.3) is 0 Å². The van der Waals surface area contributed by atoms with Gasteiger partial charge in [0.05, 0.1) is 0 Å². The molecule has 0 aliphatic heterocycles. The van der Waals surface area contributed by atoms with Crippen LogP contribution >= 0.6 is 0 Å². The van der Waals surface area contributed by atoms with Crippen molar-refractivity contribution in [2.75, 3.05) is 0 Å². The van der Waals surface area contributed by atoms with E-state index in [1.807, 2.05) is 0 Å². The van der Waals surface area contributed by atoms with E-state index in [2.05, 4.69) is 0 Å². The van der Waals surface area contributed by atoms with Crippen molar-refractivity contribution in [3.8, 4) is 0 Å². The molecule has 0 heterocycles. The molecule has 0 aliphatic rings. The summed E-state index contributed by atoms with van der Waals surface area (Å²) in [6.45, 7) is 0. The summed E-state index contributed by atoms with van der Waals surface area (Å²) in [7, 11) is 0. The Morgan fingerprint density at radius 3 is 0.667 bits per heavy atom. The van der Waals surface area contributed by atoms with E-state index in [0.29, 0.717) is 0 Å². The van der Waals surface area contributed by atoms with Crippen LogP contribution in [-0.2, 0) is 59.1 Å². The summed E-state index contributed by atoms with van der Waals surface area (Å²) in [5.74, 6) is 0. The summed E-state index contributed by atoms with van der Waals surface area (Å²) in [6, 6.07) is 0. The van der Waals surface area contributed by atoms with Crippen LogP contribution in [-0.4, -0.2) is 37.7 Å². The molecule has 8 nitrogen and oxygen atoms in total. The summed E-state index contributed by atoms with van der Waals surface area (Å²) in [4.78, 5) is 0. The van der Waals surface area contributed by atoms with Gasteiger partial charge in [-0.25, -0.2) is 0 Å². The third kappa shape index (κ3) is 405. The molecule has 0 spiro atoms. The maximum atomic E-state index is 8.58. The van der Waals surface area contributed by atoms with Gasteiger partial charge in [-0.1, -0.05) is 0 Å². The van der Waals surface area contributed by atoms with Crippen molar-refractivity contribution in [2.45, 2.75) is 0 Å². The number of hydrogen-bond donors (Lipinski definition) is 0. The fraction of sp³-hybridized carbons (Fsp3) is 0. The first kappa shape index (κ1) is 23.6. The molecule has 0 radical (unpaired) electrons. The molecule has 0 bridgehead atoms. The third-order valence-electron chi connectivity index (χ3n) is 0. The zero-order valence-corrected chi connectivity index (χ0v) is 10.8. The number of rotatable bonds is 0. The molecular formula is CaFeMn2O8. The Morgan fingerprint density at radius 1 is 0.667 bits per heavy atom. The van der Waals surface area contributed by atoms with Crippen LogP contribution < -0.4 is 16.8 Å². The van der Waals surface area contributed by atoms with Gasteiger partial charge in [0, 0.05) is 0 Å². The Bertz CT molecular complexity index is 213. The minimum absolute atomic E-state index is 0. The van der Waals surface area contributed by atoms with Gasteiger partial charge in [-0.2, -0.15) is 0 Å². The molecule has 72 valence electrons. The monoisotopic (exact) mass is 334 g/mol. The van der Waals surface area contributed by atoms with E-state index in [1.165, 1.54) is 0 Å². The molecule has 0 aromatic heterocycles. The van der Waals surface area contributed by atoms with Crippen molar-refractivity contribution in [3.05, 3.63) is 0 Å². The van der Waals surface area contributed by atoms with Crippen molar-refractivity contribution >= 4 is 37.7 Å². The van der Waals surface area contributed by atoms with Crippen molar-refractivity contribution < 1.29 is 75.9 Å². The van der Waals surface area contributed by atoms with Crippen molar-refractivity contribution in [1.29, 1.82) is 0 Å². The fourth-order valence-corrected chi connectivity index (χ4v) is 0. The Kier molecular flexibility index (Phi) is 18.5. The van der Waals surface area contributed by atoms with Crippen LogP contribution in [0.2, 0.25) is 0 Å². The zero-order chi connectivity index (χ0) is 9.00. The van der Waals surface area contributed by atoms with Crippen LogP contribution in [0.3, 0.4) is 0 Å². The Hall–Kier alpha value is 1.86. The van der Waals surface area contributed by atoms with E-state index in [-0.39, 0.29) is 54.8 Å². The first-order valence-electron chi connectivity index (χ1n) is 1.23. The second-order valence-corrected chi connectivity index (χ2v) is 3.12. The molecule has 0 N–H and O–H groups in total. The summed E-state index contributed by atoms with van der Waals surface area (Å²) < 4.78 is 68.6. The molecule has 0 atom stereocenters. The van der Waals surface area contributed by atoms with Crippen LogP contribution in [0.5, 0.6) is 0 Å². The van der Waals surface area contributed by atoms with Gasteiger partial charge in [0.1, 0.15) is 0 Å². The standard InChI is InChI=1S/Ca.Fe.2Mn.8O/q2*+2;;;;;;;4*-1. The fourth-order valence-electron chi connectivity index (χ4n) is 0. The van der Waals surface area contributed by atoms with Gasteiger partial charge in [-0.05, 0) is 0 Å². The quantitative estimate of drug-likeness (QED) is 0.396. The Labute approximate surface area is 112 Å². The van der Waals surface area contributed by atoms with E-state index >= 15 is 0 Å². The first-order valence-corrected chi connectivity index (χ1v) is 5.09. The van der Waals surface area contributed by atoms with Crippen molar-refractivity contribution in [3.63, 3.8) is 0 Å². The van der Waals surface area contributed by atoms with Gasteiger partial charge in [-0.3, -0.25) is 0 Å². The predicted octanol–water partition coefficient (Wildman–Crippen LogP) is -5.62. The van der Waals surface area contributed by atoms with Gasteiger partial charge in [0.2, 0.25) is 0 Å². The second-order valence-electron chi connectivity index (χ2n) is 0.756. The predicted molar refractivity (Wildman–Crippen MR) is 8.50 cm³/mol. The zero-order valence-electron chi connectivity index (χ0n) is 5.08. The Balaban J connectivity index is -0.0000000457. The molecule has 12 heteroatoms. The summed E-state index contributed by atoms with van der Waals surface area (Å²) >= 11 is -11.2. The molecule has 0 unspecified atom stereocenters. The molecule has 0 saturated carbocycles. The Morgan fingerprint density at radius 2 is 0.667 bits per heavy atom. The molecule has 0 rings (SSSR count). The van der Waals surface area contributed by atoms with Gasteiger partial charge in [-0.15, -0.1) is 0 Å². The summed E-state index contributed by atoms with van der Waals surface area (Å²) in [5, 5.41) is 0. The van der Waals surface area contributed by atoms with Crippen LogP contribution in [0, 0.1) is 0 Å². The molecular weight excluding hydrogens is 334 g/mol. The molecule has 0 fully saturated rings. The topological polar surface area (TPSA) is 161 Å². The second kappa shape index (κ2) is 9.41. The van der Waals surface area contributed by atoms with Gasteiger partial charge >= 0.3 is 114 Å². The van der Waals surface area contributed by atoms with E-state index < -0.39 is 26.7 Å². The number of hydrogen-bond acceptors (Lipinski definition) is 8. The normalized spacial score (nSPS) is 9.67. The van der Waals surface area contributed by atoms with Gasteiger partial charge < -0.3 is 0 Å². The van der Waals surface area contributed by atoms with Crippen LogP contribution in [0.15, 0.2) is 0 Å². The summed E-state index contributed by atoms with van der Waals surface area (Å²) in [5.41, 5.74) is 0. The SMILES string of the molecule is [Ca+2].[Fe+2].[O]=[Mn](=[O])([O-])[O-].[O]=[Mn](=[O])([O-])[O-]. The molecule has 0 aromatic carbocycles. The van der Waals surface area contributed by atoms with E-state index in [0.717, 1.165) is 0 Å². The van der Waals surface area contributed by atoms with E-state index in [1.54, 1.807) is 0 Å². The van der Waals surface area contributed by atoms with E-state index in [4.69, 9.17) is 32.1 Å². The third-order valence-corrected chi connectivity index (χ3v) is 0. The van der Waals surface area contributed by atoms with E-state index in [9.17, 15) is 0 Å². The molecule has 0 aliphatic carbocycles. The van der Waals surface area contributed by atoms with Crippen LogP contribution in [0.25, 0.3) is 0 Å². The molecule has 12 heavy (non-hydrogen) atoms. The van der Waals surface area contributed by atoms with Crippen LogP contribution in [0.4, 0.5) is 0 Å². The molecule has 0 amide bonds. The summed E-state index contributed by atoms with van der Waals surface area (Å²) in [6.07, 6.45) is 0. The van der Waals surface area contributed by atoms with Crippen LogP contribution in [0.1, 0.15) is 0 Å². The van der Waals surface area contributed by atoms with Gasteiger partial charge in [0.15, 0.2) is 0 Å². The molecule has 0 aromatic rings.